The molecule has 0 radical (unpaired) electrons. The number of halogens is 3. The van der Waals surface area contributed by atoms with Gasteiger partial charge in [-0.3, -0.25) is 15.0 Å². The molecule has 27 heavy (non-hydrogen) atoms. The van der Waals surface area contributed by atoms with E-state index in [0.717, 1.165) is 6.42 Å². The van der Waals surface area contributed by atoms with Crippen molar-refractivity contribution in [2.45, 2.75) is 75.7 Å². The molecular weight excluding hydrogens is 361 g/mol. The lowest BCUT2D eigenvalue weighted by molar-refractivity contribution is -0.137. The van der Waals surface area contributed by atoms with E-state index in [0.29, 0.717) is 32.2 Å². The van der Waals surface area contributed by atoms with E-state index >= 15 is 0 Å². The Hall–Kier alpha value is -1.35. The number of carbonyl (C=O) groups excluding carboxylic acids is 2. The summed E-state index contributed by atoms with van der Waals surface area (Å²) in [6.45, 7) is 0.430. The quantitative estimate of drug-likeness (QED) is 0.678. The van der Waals surface area contributed by atoms with Gasteiger partial charge in [0.2, 0.25) is 11.8 Å². The fourth-order valence-corrected chi connectivity index (χ4v) is 4.35. The van der Waals surface area contributed by atoms with Gasteiger partial charge in [0.25, 0.3) is 0 Å². The van der Waals surface area contributed by atoms with E-state index in [-0.39, 0.29) is 48.7 Å². The molecule has 5 atom stereocenters. The van der Waals surface area contributed by atoms with Gasteiger partial charge in [-0.1, -0.05) is 0 Å². The molecular formula is C18H29F3N4O2. The number of nitrogens with zero attached hydrogens (tertiary/aromatic N) is 1. The van der Waals surface area contributed by atoms with Gasteiger partial charge in [-0.2, -0.15) is 0 Å². The normalized spacial score (nSPS) is 40.7. The topological polar surface area (TPSA) is 73.5 Å². The first kappa shape index (κ1) is 20.4. The second-order valence-electron chi connectivity index (χ2n) is 8.18. The van der Waals surface area contributed by atoms with Crippen molar-refractivity contribution in [3.05, 3.63) is 0 Å². The average Bonchev–Trinajstić information content (AvgIpc) is 2.63. The molecule has 3 N–H and O–H groups in total. The molecule has 2 aliphatic heterocycles. The van der Waals surface area contributed by atoms with Crippen molar-refractivity contribution >= 4 is 11.8 Å². The highest BCUT2D eigenvalue weighted by Gasteiger charge is 2.39. The Balaban J connectivity index is 1.39. The fraction of sp³-hybridized carbons (Fsp3) is 0.889. The predicted molar refractivity (Wildman–Crippen MR) is 93.6 cm³/mol. The van der Waals surface area contributed by atoms with E-state index in [1.165, 1.54) is 0 Å². The van der Waals surface area contributed by atoms with Crippen molar-refractivity contribution in [3.63, 3.8) is 0 Å². The second kappa shape index (κ2) is 8.77. The van der Waals surface area contributed by atoms with Crippen LogP contribution in [0.3, 0.4) is 0 Å². The Morgan fingerprint density at radius 3 is 2.44 bits per heavy atom. The van der Waals surface area contributed by atoms with Crippen molar-refractivity contribution < 1.29 is 22.8 Å². The van der Waals surface area contributed by atoms with Gasteiger partial charge >= 0.3 is 0 Å². The molecule has 0 aromatic carbocycles. The predicted octanol–water partition coefficient (Wildman–Crippen LogP) is 1.37. The molecule has 2 amide bonds. The number of amides is 2. The Labute approximate surface area is 157 Å². The zero-order valence-electron chi connectivity index (χ0n) is 15.6. The highest BCUT2D eigenvalue weighted by atomic mass is 19.2. The van der Waals surface area contributed by atoms with E-state index in [1.54, 1.807) is 11.9 Å². The Morgan fingerprint density at radius 2 is 1.85 bits per heavy atom. The molecule has 3 rings (SSSR count). The van der Waals surface area contributed by atoms with Crippen LogP contribution in [0.2, 0.25) is 0 Å². The highest BCUT2D eigenvalue weighted by Crippen LogP contribution is 2.34. The van der Waals surface area contributed by atoms with E-state index < -0.39 is 18.5 Å². The Kier molecular flexibility index (Phi) is 6.62. The zero-order chi connectivity index (χ0) is 19.6. The number of hydrazine groups is 1. The van der Waals surface area contributed by atoms with E-state index in [9.17, 15) is 22.8 Å². The van der Waals surface area contributed by atoms with Gasteiger partial charge in [0.1, 0.15) is 12.3 Å². The maximum Gasteiger partial charge on any atom is 0.226 e. The number of hydrogen-bond acceptors (Lipinski definition) is 4. The standard InChI is InChI=1S/C18H29F3N4O2/c1-25-9-11(2-5-16(25)26)18(27)22-15-4-3-12(23-24-15)6-10-7-13(19)17(21)14(20)8-10/h10-15,17,23-24H,2-9H2,1H3,(H,22,27). The Bertz CT molecular complexity index is 533. The van der Waals surface area contributed by atoms with Crippen LogP contribution in [0.25, 0.3) is 0 Å². The average molecular weight is 390 g/mol. The van der Waals surface area contributed by atoms with Gasteiger partial charge in [-0.15, -0.1) is 0 Å². The summed E-state index contributed by atoms with van der Waals surface area (Å²) < 4.78 is 40.3. The third-order valence-corrected chi connectivity index (χ3v) is 6.01. The molecule has 154 valence electrons. The van der Waals surface area contributed by atoms with Gasteiger partial charge < -0.3 is 10.2 Å². The van der Waals surface area contributed by atoms with Gasteiger partial charge in [0.05, 0.1) is 12.1 Å². The minimum absolute atomic E-state index is 0.0390. The first-order valence-corrected chi connectivity index (χ1v) is 9.81. The lowest BCUT2D eigenvalue weighted by Crippen LogP contribution is -2.60. The summed E-state index contributed by atoms with van der Waals surface area (Å²) in [7, 11) is 1.70. The van der Waals surface area contributed by atoms with Crippen molar-refractivity contribution in [1.82, 2.24) is 21.1 Å². The summed E-state index contributed by atoms with van der Waals surface area (Å²) in [6, 6.07) is 0.0390. The summed E-state index contributed by atoms with van der Waals surface area (Å²) in [6.07, 6.45) is -2.55. The van der Waals surface area contributed by atoms with Crippen LogP contribution in [0.15, 0.2) is 0 Å². The fourth-order valence-electron chi connectivity index (χ4n) is 4.35. The molecule has 2 heterocycles. The number of alkyl halides is 3. The number of likely N-dealkylation sites (tertiary alicyclic amines) is 1. The zero-order valence-corrected chi connectivity index (χ0v) is 15.6. The maximum absolute atomic E-state index is 13.5. The third kappa shape index (κ3) is 5.13. The SMILES string of the molecule is CN1CC(C(=O)NC2CCC(CC3CC(F)C(F)C(F)C3)NN2)CCC1=O. The summed E-state index contributed by atoms with van der Waals surface area (Å²) >= 11 is 0. The largest absolute Gasteiger partial charge is 0.345 e. The Morgan fingerprint density at radius 1 is 1.15 bits per heavy atom. The highest BCUT2D eigenvalue weighted by molar-refractivity contribution is 5.83. The molecule has 3 aliphatic rings. The maximum atomic E-state index is 13.5. The van der Waals surface area contributed by atoms with Crippen molar-refractivity contribution in [1.29, 1.82) is 0 Å². The van der Waals surface area contributed by atoms with Crippen LogP contribution in [-0.2, 0) is 9.59 Å². The molecule has 2 saturated heterocycles. The lowest BCUT2D eigenvalue weighted by Gasteiger charge is -2.37. The minimum Gasteiger partial charge on any atom is -0.345 e. The van der Waals surface area contributed by atoms with Crippen molar-refractivity contribution in [2.24, 2.45) is 11.8 Å². The van der Waals surface area contributed by atoms with Crippen LogP contribution in [0.1, 0.15) is 44.9 Å². The van der Waals surface area contributed by atoms with E-state index in [1.807, 2.05) is 0 Å². The van der Waals surface area contributed by atoms with Gasteiger partial charge in [0, 0.05) is 26.1 Å². The molecule has 0 bridgehead atoms. The van der Waals surface area contributed by atoms with Gasteiger partial charge in [-0.05, 0) is 44.4 Å². The lowest BCUT2D eigenvalue weighted by atomic mass is 9.81. The summed E-state index contributed by atoms with van der Waals surface area (Å²) in [5.41, 5.74) is 6.17. The first-order valence-electron chi connectivity index (χ1n) is 9.81. The molecule has 0 spiro atoms. The van der Waals surface area contributed by atoms with Crippen LogP contribution >= 0.6 is 0 Å². The van der Waals surface area contributed by atoms with Gasteiger partial charge in [-0.25, -0.2) is 18.6 Å². The van der Waals surface area contributed by atoms with E-state index in [2.05, 4.69) is 16.2 Å². The van der Waals surface area contributed by atoms with Crippen LogP contribution in [-0.4, -0.2) is 61.0 Å². The van der Waals surface area contributed by atoms with Gasteiger partial charge in [0.15, 0.2) is 6.17 Å². The second-order valence-corrected chi connectivity index (χ2v) is 8.18. The van der Waals surface area contributed by atoms with Crippen LogP contribution in [0.4, 0.5) is 13.2 Å². The first-order chi connectivity index (χ1) is 12.8. The number of nitrogens with one attached hydrogen (secondary N) is 3. The van der Waals surface area contributed by atoms with Crippen molar-refractivity contribution in [2.75, 3.05) is 13.6 Å². The molecule has 1 aliphatic carbocycles. The molecule has 1 saturated carbocycles. The number of hydrogen-bond donors (Lipinski definition) is 3. The van der Waals surface area contributed by atoms with E-state index in [4.69, 9.17) is 0 Å². The molecule has 3 fully saturated rings. The molecule has 0 aromatic rings. The summed E-state index contributed by atoms with van der Waals surface area (Å²) in [5, 5.41) is 2.95. The molecule has 0 aromatic heterocycles. The third-order valence-electron chi connectivity index (χ3n) is 6.01. The van der Waals surface area contributed by atoms with Crippen LogP contribution in [0.5, 0.6) is 0 Å². The number of rotatable bonds is 4. The van der Waals surface area contributed by atoms with Crippen LogP contribution < -0.4 is 16.2 Å². The molecule has 9 heteroatoms. The number of piperidine rings is 1. The molecule has 6 nitrogen and oxygen atoms in total. The smallest absolute Gasteiger partial charge is 0.226 e. The van der Waals surface area contributed by atoms with Crippen molar-refractivity contribution in [3.8, 4) is 0 Å². The monoisotopic (exact) mass is 390 g/mol. The summed E-state index contributed by atoms with van der Waals surface area (Å²) in [5.74, 6) is -0.394. The minimum atomic E-state index is -1.99. The molecule has 5 unspecified atom stereocenters. The number of carbonyl (C=O) groups is 2. The van der Waals surface area contributed by atoms with Crippen LogP contribution in [0, 0.1) is 11.8 Å². The summed E-state index contributed by atoms with van der Waals surface area (Å²) in [4.78, 5) is 25.5.